The van der Waals surface area contributed by atoms with Crippen molar-refractivity contribution in [2.75, 3.05) is 39.4 Å². The molecule has 3 rings (SSSR count). The first-order valence-electron chi connectivity index (χ1n) is 9.85. The molecule has 1 atom stereocenters. The predicted octanol–water partition coefficient (Wildman–Crippen LogP) is 0.504. The van der Waals surface area contributed by atoms with Gasteiger partial charge in [-0.05, 0) is 25.3 Å². The quantitative estimate of drug-likeness (QED) is 0.422. The lowest BCUT2D eigenvalue weighted by Crippen LogP contribution is -2.52. The third kappa shape index (κ3) is 6.77. The minimum Gasteiger partial charge on any atom is -0.387 e. The van der Waals surface area contributed by atoms with E-state index in [-0.39, 0.29) is 0 Å². The summed E-state index contributed by atoms with van der Waals surface area (Å²) in [5.74, 6) is 2.28. The van der Waals surface area contributed by atoms with Crippen molar-refractivity contribution in [2.45, 2.75) is 32.5 Å². The number of nitrogens with one attached hydrogen (secondary N) is 2. The van der Waals surface area contributed by atoms with Gasteiger partial charge in [0.15, 0.2) is 11.8 Å². The van der Waals surface area contributed by atoms with Crippen LogP contribution in [-0.4, -0.2) is 75.7 Å². The Morgan fingerprint density at radius 3 is 2.79 bits per heavy atom. The molecule has 1 aliphatic rings. The number of aryl methyl sites for hydroxylation is 1. The Balaban J connectivity index is 1.60. The number of aliphatic hydroxyl groups is 1. The number of hydrogen-bond acceptors (Lipinski definition) is 7. The molecule has 9 nitrogen and oxygen atoms in total. The molecule has 10 heteroatoms. The zero-order valence-corrected chi connectivity index (χ0v) is 18.2. The van der Waals surface area contributed by atoms with Crippen molar-refractivity contribution in [2.24, 2.45) is 12.0 Å². The number of aliphatic imine (C=N–C) groups is 1. The molecule has 0 radical (unpaired) electrons. The van der Waals surface area contributed by atoms with Gasteiger partial charge in [-0.25, -0.2) is 4.99 Å². The topological polar surface area (TPSA) is 99.8 Å². The smallest absolute Gasteiger partial charge is 0.192 e. The highest BCUT2D eigenvalue weighted by molar-refractivity contribution is 7.09. The molecule has 29 heavy (non-hydrogen) atoms. The summed E-state index contributed by atoms with van der Waals surface area (Å²) in [5.41, 5.74) is -0.885. The molecule has 0 bridgehead atoms. The van der Waals surface area contributed by atoms with E-state index < -0.39 is 5.60 Å². The van der Waals surface area contributed by atoms with Crippen LogP contribution in [0, 0.1) is 6.92 Å². The van der Waals surface area contributed by atoms with Crippen LogP contribution in [0.15, 0.2) is 22.5 Å². The molecule has 1 aliphatic heterocycles. The highest BCUT2D eigenvalue weighted by Crippen LogP contribution is 2.09. The fraction of sp³-hybridized carbons (Fsp3) is 0.632. The summed E-state index contributed by atoms with van der Waals surface area (Å²) < 4.78 is 7.31. The molecule has 3 N–H and O–H groups in total. The van der Waals surface area contributed by atoms with E-state index in [0.29, 0.717) is 32.1 Å². The number of rotatable bonds is 8. The molecule has 0 amide bonds. The van der Waals surface area contributed by atoms with Crippen molar-refractivity contribution in [3.8, 4) is 0 Å². The van der Waals surface area contributed by atoms with Crippen LogP contribution < -0.4 is 10.6 Å². The van der Waals surface area contributed by atoms with Crippen molar-refractivity contribution >= 4 is 17.3 Å². The van der Waals surface area contributed by atoms with Gasteiger partial charge in [0.25, 0.3) is 0 Å². The highest BCUT2D eigenvalue weighted by Gasteiger charge is 2.25. The second-order valence-corrected chi connectivity index (χ2v) is 8.59. The number of morpholine rings is 1. The highest BCUT2D eigenvalue weighted by atomic mass is 32.1. The van der Waals surface area contributed by atoms with Crippen LogP contribution in [-0.2, 0) is 24.9 Å². The van der Waals surface area contributed by atoms with Crippen LogP contribution in [0.3, 0.4) is 0 Å². The van der Waals surface area contributed by atoms with Gasteiger partial charge in [-0.1, -0.05) is 6.07 Å². The standard InChI is InChI=1S/C19H31N7O2S/c1-15-23-24-17(25(15)3)12-21-18(20-11-16-5-4-10-29-16)22-13-19(2,27)14-26-6-8-28-9-7-26/h4-5,10,27H,6-9,11-14H2,1-3H3,(H2,20,21,22). The summed E-state index contributed by atoms with van der Waals surface area (Å²) in [6.45, 7) is 8.94. The number of hydrogen-bond donors (Lipinski definition) is 3. The maximum Gasteiger partial charge on any atom is 0.192 e. The minimum absolute atomic E-state index is 0.387. The molecule has 3 heterocycles. The number of β-amino-alcohol motifs (C(OH)–C–C–N with tert-alkyl or cyclic N) is 1. The first kappa shape index (κ1) is 21.7. The molecular formula is C19H31N7O2S. The van der Waals surface area contributed by atoms with Gasteiger partial charge < -0.3 is 25.0 Å². The number of ether oxygens (including phenoxy) is 1. The van der Waals surface area contributed by atoms with Gasteiger partial charge in [0.1, 0.15) is 12.4 Å². The van der Waals surface area contributed by atoms with Crippen LogP contribution in [0.25, 0.3) is 0 Å². The molecule has 0 spiro atoms. The summed E-state index contributed by atoms with van der Waals surface area (Å²) in [4.78, 5) is 8.09. The summed E-state index contributed by atoms with van der Waals surface area (Å²) in [5, 5.41) is 27.8. The van der Waals surface area contributed by atoms with Crippen molar-refractivity contribution in [1.29, 1.82) is 0 Å². The molecule has 1 saturated heterocycles. The Bertz CT molecular complexity index is 783. The Hall–Kier alpha value is -2.01. The van der Waals surface area contributed by atoms with Gasteiger partial charge in [0.2, 0.25) is 0 Å². The van der Waals surface area contributed by atoms with Gasteiger partial charge in [0.05, 0.1) is 25.4 Å². The van der Waals surface area contributed by atoms with Crippen LogP contribution >= 0.6 is 11.3 Å². The number of guanidine groups is 1. The molecule has 2 aromatic heterocycles. The second-order valence-electron chi connectivity index (χ2n) is 7.56. The van der Waals surface area contributed by atoms with E-state index >= 15 is 0 Å². The van der Waals surface area contributed by atoms with E-state index in [1.807, 2.05) is 31.5 Å². The molecule has 1 fully saturated rings. The van der Waals surface area contributed by atoms with Gasteiger partial charge in [0, 0.05) is 38.1 Å². The van der Waals surface area contributed by atoms with Crippen LogP contribution in [0.1, 0.15) is 23.4 Å². The maximum absolute atomic E-state index is 10.8. The first-order valence-corrected chi connectivity index (χ1v) is 10.7. The van der Waals surface area contributed by atoms with Crippen LogP contribution in [0.4, 0.5) is 0 Å². The Kier molecular flexibility index (Phi) is 7.59. The number of nitrogens with zero attached hydrogens (tertiary/aromatic N) is 5. The largest absolute Gasteiger partial charge is 0.387 e. The number of aromatic nitrogens is 3. The van der Waals surface area contributed by atoms with Gasteiger partial charge in [-0.2, -0.15) is 0 Å². The van der Waals surface area contributed by atoms with E-state index in [4.69, 9.17) is 4.74 Å². The fourth-order valence-corrected chi connectivity index (χ4v) is 3.71. The molecule has 0 aliphatic carbocycles. The van der Waals surface area contributed by atoms with E-state index in [2.05, 4.69) is 42.2 Å². The number of thiophene rings is 1. The Morgan fingerprint density at radius 1 is 1.34 bits per heavy atom. The summed E-state index contributed by atoms with van der Waals surface area (Å²) in [6.07, 6.45) is 0. The summed E-state index contributed by atoms with van der Waals surface area (Å²) in [7, 11) is 1.93. The first-order chi connectivity index (χ1) is 13.9. The Labute approximate surface area is 175 Å². The molecular weight excluding hydrogens is 390 g/mol. The zero-order valence-electron chi connectivity index (χ0n) is 17.4. The van der Waals surface area contributed by atoms with Gasteiger partial charge in [-0.3, -0.25) is 4.90 Å². The lowest BCUT2D eigenvalue weighted by molar-refractivity contribution is -0.0201. The second kappa shape index (κ2) is 10.1. The van der Waals surface area contributed by atoms with Crippen molar-refractivity contribution < 1.29 is 9.84 Å². The molecule has 2 aromatic rings. The Morgan fingerprint density at radius 2 is 2.14 bits per heavy atom. The van der Waals surface area contributed by atoms with Crippen molar-refractivity contribution in [3.05, 3.63) is 34.0 Å². The monoisotopic (exact) mass is 421 g/mol. The average molecular weight is 422 g/mol. The molecule has 0 saturated carbocycles. The van der Waals surface area contributed by atoms with Gasteiger partial charge in [-0.15, -0.1) is 21.5 Å². The van der Waals surface area contributed by atoms with Crippen molar-refractivity contribution in [1.82, 2.24) is 30.3 Å². The lowest BCUT2D eigenvalue weighted by atomic mass is 10.1. The maximum atomic E-state index is 10.8. The normalized spacial score (nSPS) is 17.9. The third-order valence-electron chi connectivity index (χ3n) is 4.88. The van der Waals surface area contributed by atoms with Crippen molar-refractivity contribution in [3.63, 3.8) is 0 Å². The van der Waals surface area contributed by atoms with E-state index in [0.717, 1.165) is 38.0 Å². The molecule has 0 aromatic carbocycles. The van der Waals surface area contributed by atoms with E-state index in [9.17, 15) is 5.11 Å². The minimum atomic E-state index is -0.885. The SMILES string of the molecule is Cc1nnc(CN=C(NCc2cccs2)NCC(C)(O)CN2CCOCC2)n1C. The van der Waals surface area contributed by atoms with Crippen LogP contribution in [0.5, 0.6) is 0 Å². The molecule has 160 valence electrons. The lowest BCUT2D eigenvalue weighted by Gasteiger charge is -2.34. The zero-order chi connectivity index (χ0) is 20.7. The summed E-state index contributed by atoms with van der Waals surface area (Å²) in [6, 6.07) is 4.11. The summed E-state index contributed by atoms with van der Waals surface area (Å²) >= 11 is 1.69. The fourth-order valence-electron chi connectivity index (χ4n) is 3.07. The van der Waals surface area contributed by atoms with Crippen LogP contribution in [0.2, 0.25) is 0 Å². The molecule has 1 unspecified atom stereocenters. The average Bonchev–Trinajstić information content (AvgIpc) is 3.33. The van der Waals surface area contributed by atoms with E-state index in [1.54, 1.807) is 11.3 Å². The van der Waals surface area contributed by atoms with Gasteiger partial charge >= 0.3 is 0 Å². The predicted molar refractivity (Wildman–Crippen MR) is 114 cm³/mol. The van der Waals surface area contributed by atoms with E-state index in [1.165, 1.54) is 4.88 Å². The third-order valence-corrected chi connectivity index (χ3v) is 5.75.